The number of fused-ring (bicyclic) bond motifs is 1. The molecule has 0 saturated heterocycles. The molecule has 1 aliphatic heterocycles. The quantitative estimate of drug-likeness (QED) is 0.395. The standard InChI is InChI=1S/C25H23N3O/c1-25(2)20-14-8-10-16-22(20)28(3)23(25)17-26-27-21-15-9-7-13-19(21)24(29)18-11-5-4-6-12-18/h4-17H,1-3H3/b23-17+,27-26+. The molecule has 3 aromatic carbocycles. The number of nitrogens with zero attached hydrogens (tertiary/aromatic N) is 3. The van der Waals surface area contributed by atoms with Crippen LogP contribution in [0.15, 0.2) is 101 Å². The summed E-state index contributed by atoms with van der Waals surface area (Å²) >= 11 is 0. The van der Waals surface area contributed by atoms with Gasteiger partial charge in [-0.05, 0) is 23.8 Å². The van der Waals surface area contributed by atoms with Crippen molar-refractivity contribution in [3.63, 3.8) is 0 Å². The van der Waals surface area contributed by atoms with E-state index in [1.54, 1.807) is 12.3 Å². The van der Waals surface area contributed by atoms with Gasteiger partial charge in [0.2, 0.25) is 0 Å². The third kappa shape index (κ3) is 3.38. The van der Waals surface area contributed by atoms with Gasteiger partial charge >= 0.3 is 0 Å². The average molecular weight is 381 g/mol. The van der Waals surface area contributed by atoms with Crippen molar-refractivity contribution in [3.05, 3.63) is 107 Å². The number of carbonyl (C=O) groups excluding carboxylic acids is 1. The van der Waals surface area contributed by atoms with Crippen molar-refractivity contribution in [2.75, 3.05) is 11.9 Å². The second kappa shape index (κ2) is 7.47. The maximum absolute atomic E-state index is 12.9. The van der Waals surface area contributed by atoms with Crippen LogP contribution in [-0.4, -0.2) is 12.8 Å². The van der Waals surface area contributed by atoms with Crippen LogP contribution in [0.5, 0.6) is 0 Å². The Morgan fingerprint density at radius 2 is 1.55 bits per heavy atom. The summed E-state index contributed by atoms with van der Waals surface area (Å²) in [5, 5.41) is 8.74. The van der Waals surface area contributed by atoms with Crippen LogP contribution in [0.25, 0.3) is 0 Å². The lowest BCUT2D eigenvalue weighted by molar-refractivity contribution is 0.103. The van der Waals surface area contributed by atoms with E-state index in [0.717, 1.165) is 5.70 Å². The number of likely N-dealkylation sites (N-methyl/N-ethyl adjacent to an activating group) is 1. The monoisotopic (exact) mass is 381 g/mol. The lowest BCUT2D eigenvalue weighted by Crippen LogP contribution is -2.22. The highest BCUT2D eigenvalue weighted by molar-refractivity contribution is 6.11. The van der Waals surface area contributed by atoms with Gasteiger partial charge in [0.25, 0.3) is 0 Å². The smallest absolute Gasteiger partial charge is 0.195 e. The molecule has 29 heavy (non-hydrogen) atoms. The number of carbonyl (C=O) groups is 1. The van der Waals surface area contributed by atoms with E-state index < -0.39 is 0 Å². The van der Waals surface area contributed by atoms with Gasteiger partial charge < -0.3 is 4.90 Å². The fraction of sp³-hybridized carbons (Fsp3) is 0.160. The summed E-state index contributed by atoms with van der Waals surface area (Å²) in [5.74, 6) is -0.0569. The Balaban J connectivity index is 1.65. The Morgan fingerprint density at radius 1 is 0.897 bits per heavy atom. The molecule has 0 aliphatic carbocycles. The first kappa shape index (κ1) is 18.8. The van der Waals surface area contributed by atoms with Crippen LogP contribution in [0.4, 0.5) is 11.4 Å². The summed E-state index contributed by atoms with van der Waals surface area (Å²) in [6, 6.07) is 24.9. The Labute approximate surface area is 171 Å². The van der Waals surface area contributed by atoms with E-state index in [1.165, 1.54) is 11.3 Å². The molecule has 144 valence electrons. The molecule has 0 atom stereocenters. The molecular weight excluding hydrogens is 358 g/mol. The third-order valence-electron chi connectivity index (χ3n) is 5.47. The molecule has 0 saturated carbocycles. The second-order valence-electron chi connectivity index (χ2n) is 7.64. The maximum Gasteiger partial charge on any atom is 0.195 e. The third-order valence-corrected chi connectivity index (χ3v) is 5.47. The predicted octanol–water partition coefficient (Wildman–Crippen LogP) is 6.27. The molecule has 4 rings (SSSR count). The summed E-state index contributed by atoms with van der Waals surface area (Å²) in [7, 11) is 2.04. The highest BCUT2D eigenvalue weighted by Crippen LogP contribution is 2.46. The van der Waals surface area contributed by atoms with Crippen molar-refractivity contribution in [1.29, 1.82) is 0 Å². The topological polar surface area (TPSA) is 45.0 Å². The largest absolute Gasteiger partial charge is 0.346 e. The van der Waals surface area contributed by atoms with Crippen molar-refractivity contribution in [3.8, 4) is 0 Å². The number of hydrogen-bond acceptors (Lipinski definition) is 4. The predicted molar refractivity (Wildman–Crippen MR) is 117 cm³/mol. The van der Waals surface area contributed by atoms with Crippen molar-refractivity contribution in [2.24, 2.45) is 10.2 Å². The van der Waals surface area contributed by atoms with Gasteiger partial charge in [0.15, 0.2) is 5.78 Å². The molecule has 0 unspecified atom stereocenters. The van der Waals surface area contributed by atoms with Crippen LogP contribution in [0.2, 0.25) is 0 Å². The van der Waals surface area contributed by atoms with E-state index in [-0.39, 0.29) is 11.2 Å². The Hall–Kier alpha value is -3.53. The van der Waals surface area contributed by atoms with E-state index in [4.69, 9.17) is 0 Å². The summed E-state index contributed by atoms with van der Waals surface area (Å²) in [4.78, 5) is 15.0. The number of rotatable bonds is 4. The van der Waals surface area contributed by atoms with Crippen LogP contribution in [-0.2, 0) is 5.41 Å². The first-order valence-corrected chi connectivity index (χ1v) is 9.63. The zero-order valence-electron chi connectivity index (χ0n) is 16.8. The Morgan fingerprint density at radius 3 is 2.31 bits per heavy atom. The molecule has 0 radical (unpaired) electrons. The number of hydrogen-bond donors (Lipinski definition) is 0. The van der Waals surface area contributed by atoms with Gasteiger partial charge in [-0.2, -0.15) is 10.2 Å². The molecule has 4 heteroatoms. The molecule has 3 aromatic rings. The molecule has 0 N–H and O–H groups in total. The molecular formula is C25H23N3O. The van der Waals surface area contributed by atoms with Gasteiger partial charge in [-0.3, -0.25) is 4.79 Å². The van der Waals surface area contributed by atoms with E-state index in [0.29, 0.717) is 16.8 Å². The van der Waals surface area contributed by atoms with Crippen LogP contribution in [0, 0.1) is 0 Å². The average Bonchev–Trinajstić information content (AvgIpc) is 2.95. The number of azo groups is 1. The van der Waals surface area contributed by atoms with Crippen molar-refractivity contribution in [2.45, 2.75) is 19.3 Å². The zero-order chi connectivity index (χ0) is 20.4. The van der Waals surface area contributed by atoms with E-state index >= 15 is 0 Å². The van der Waals surface area contributed by atoms with Crippen LogP contribution < -0.4 is 4.90 Å². The molecule has 0 aromatic heterocycles. The first-order valence-electron chi connectivity index (χ1n) is 9.63. The number of ketones is 1. The van der Waals surface area contributed by atoms with Gasteiger partial charge in [0, 0.05) is 29.4 Å². The zero-order valence-corrected chi connectivity index (χ0v) is 16.8. The summed E-state index contributed by atoms with van der Waals surface area (Å²) in [5.41, 5.74) is 5.10. The minimum atomic E-state index is -0.163. The molecule has 0 amide bonds. The van der Waals surface area contributed by atoms with E-state index in [9.17, 15) is 4.79 Å². The summed E-state index contributed by atoms with van der Waals surface area (Å²) < 4.78 is 0. The summed E-state index contributed by atoms with van der Waals surface area (Å²) in [6.07, 6.45) is 1.80. The van der Waals surface area contributed by atoms with Gasteiger partial charge in [0.1, 0.15) is 0 Å². The number of anilines is 1. The molecule has 1 aliphatic rings. The van der Waals surface area contributed by atoms with Crippen LogP contribution in [0.3, 0.4) is 0 Å². The Kier molecular flexibility index (Phi) is 4.85. The minimum Gasteiger partial charge on any atom is -0.346 e. The van der Waals surface area contributed by atoms with Gasteiger partial charge in [-0.25, -0.2) is 0 Å². The minimum absolute atomic E-state index is 0.0569. The van der Waals surface area contributed by atoms with Crippen LogP contribution >= 0.6 is 0 Å². The number of allylic oxidation sites excluding steroid dienone is 1. The molecule has 0 spiro atoms. The number of benzene rings is 3. The normalized spacial score (nSPS) is 16.4. The van der Waals surface area contributed by atoms with E-state index in [2.05, 4.69) is 47.2 Å². The van der Waals surface area contributed by atoms with Gasteiger partial charge in [-0.1, -0.05) is 74.5 Å². The van der Waals surface area contributed by atoms with Gasteiger partial charge in [0.05, 0.1) is 17.5 Å². The summed E-state index contributed by atoms with van der Waals surface area (Å²) in [6.45, 7) is 4.37. The van der Waals surface area contributed by atoms with Gasteiger partial charge in [-0.15, -0.1) is 0 Å². The first-order chi connectivity index (χ1) is 14.0. The van der Waals surface area contributed by atoms with E-state index in [1.807, 2.05) is 61.6 Å². The van der Waals surface area contributed by atoms with Crippen LogP contribution in [0.1, 0.15) is 35.3 Å². The van der Waals surface area contributed by atoms with Crippen molar-refractivity contribution in [1.82, 2.24) is 0 Å². The highest BCUT2D eigenvalue weighted by Gasteiger charge is 2.38. The van der Waals surface area contributed by atoms with Crippen molar-refractivity contribution < 1.29 is 4.79 Å². The molecule has 1 heterocycles. The fourth-order valence-corrected chi connectivity index (χ4v) is 3.87. The van der Waals surface area contributed by atoms with Crippen molar-refractivity contribution >= 4 is 17.2 Å². The SMILES string of the molecule is CN1/C(=C/N=N/c2ccccc2C(=O)c2ccccc2)C(C)(C)c2ccccc21. The number of para-hydroxylation sites is 1. The Bertz CT molecular complexity index is 1110. The fourth-order valence-electron chi connectivity index (χ4n) is 3.87. The second-order valence-corrected chi connectivity index (χ2v) is 7.64. The maximum atomic E-state index is 12.9. The highest BCUT2D eigenvalue weighted by atomic mass is 16.1. The lowest BCUT2D eigenvalue weighted by atomic mass is 9.84. The molecule has 4 nitrogen and oxygen atoms in total. The lowest BCUT2D eigenvalue weighted by Gasteiger charge is -2.22. The molecule has 0 fully saturated rings. The molecule has 0 bridgehead atoms.